The number of carbonyl (C=O) groups is 2. The molecule has 8 nitrogen and oxygen atoms in total. The number of aryl methyl sites for hydroxylation is 1. The summed E-state index contributed by atoms with van der Waals surface area (Å²) in [7, 11) is 1.99. The fourth-order valence-electron chi connectivity index (χ4n) is 6.13. The monoisotopic (exact) mass is 499 g/mol. The van der Waals surface area contributed by atoms with Gasteiger partial charge < -0.3 is 24.5 Å². The molecule has 0 radical (unpaired) electrons. The standard InChI is InChI=1S/C29H33N5O3/c1-29(2,3)37-28(36)32-19-14-20-5-6-21(15-19)34(20)27(35)24-8-7-22(23-9-11-30-25(23)24)18-13-17-10-12-33(4)26(17)31-16-18/h7-13,16,19-21,30H,5-6,14-15H2,1-4H3,(H,32,36)/t20-,21-/m0/s1. The van der Waals surface area contributed by atoms with E-state index in [0.717, 1.165) is 58.7 Å². The van der Waals surface area contributed by atoms with Crippen LogP contribution in [0.25, 0.3) is 33.1 Å². The number of hydrogen-bond donors (Lipinski definition) is 2. The molecular formula is C29H33N5O3. The van der Waals surface area contributed by atoms with Crippen LogP contribution < -0.4 is 5.32 Å². The normalized spacial score (nSPS) is 21.5. The average molecular weight is 500 g/mol. The number of benzene rings is 1. The van der Waals surface area contributed by atoms with Crippen molar-refractivity contribution in [2.75, 3.05) is 0 Å². The molecule has 1 aromatic carbocycles. The molecule has 2 N–H and O–H groups in total. The second kappa shape index (κ2) is 8.64. The van der Waals surface area contributed by atoms with E-state index in [9.17, 15) is 9.59 Å². The number of alkyl carbamates (subject to hydrolysis) is 1. The first-order valence-electron chi connectivity index (χ1n) is 13.0. The van der Waals surface area contributed by atoms with Crippen LogP contribution in [-0.2, 0) is 11.8 Å². The number of ether oxygens (including phenoxy) is 1. The summed E-state index contributed by atoms with van der Waals surface area (Å²) in [5, 5.41) is 5.13. The number of nitrogens with zero attached hydrogens (tertiary/aromatic N) is 3. The quantitative estimate of drug-likeness (QED) is 0.396. The lowest BCUT2D eigenvalue weighted by atomic mass is 9.95. The molecule has 0 aliphatic carbocycles. The van der Waals surface area contributed by atoms with Crippen LogP contribution in [0.2, 0.25) is 0 Å². The average Bonchev–Trinajstić information content (AvgIpc) is 3.53. The molecule has 2 aliphatic rings. The molecule has 3 aromatic heterocycles. The Morgan fingerprint density at radius 2 is 1.86 bits per heavy atom. The van der Waals surface area contributed by atoms with E-state index < -0.39 is 5.60 Å². The Labute approximate surface area is 216 Å². The molecule has 0 unspecified atom stereocenters. The Hall–Kier alpha value is -3.81. The number of H-pyrrole nitrogens is 1. The molecular weight excluding hydrogens is 466 g/mol. The first-order valence-corrected chi connectivity index (χ1v) is 13.0. The maximum Gasteiger partial charge on any atom is 0.407 e. The lowest BCUT2D eigenvalue weighted by molar-refractivity contribution is 0.0419. The van der Waals surface area contributed by atoms with Crippen molar-refractivity contribution in [1.29, 1.82) is 0 Å². The molecule has 2 saturated heterocycles. The van der Waals surface area contributed by atoms with Crippen molar-refractivity contribution >= 4 is 33.9 Å². The van der Waals surface area contributed by atoms with Gasteiger partial charge in [-0.1, -0.05) is 6.07 Å². The van der Waals surface area contributed by atoms with Crippen molar-refractivity contribution in [3.05, 3.63) is 54.5 Å². The topological polar surface area (TPSA) is 92.3 Å². The van der Waals surface area contributed by atoms with Gasteiger partial charge in [0.15, 0.2) is 0 Å². The van der Waals surface area contributed by atoms with Crippen LogP contribution in [0.4, 0.5) is 4.79 Å². The summed E-state index contributed by atoms with van der Waals surface area (Å²) in [6.45, 7) is 5.59. The van der Waals surface area contributed by atoms with Gasteiger partial charge in [-0.3, -0.25) is 4.79 Å². The van der Waals surface area contributed by atoms with Crippen molar-refractivity contribution in [3.63, 3.8) is 0 Å². The summed E-state index contributed by atoms with van der Waals surface area (Å²) in [4.78, 5) is 36.2. The van der Waals surface area contributed by atoms with Crippen LogP contribution in [0.1, 0.15) is 56.8 Å². The number of hydrogen-bond acceptors (Lipinski definition) is 4. The highest BCUT2D eigenvalue weighted by molar-refractivity contribution is 6.10. The Balaban J connectivity index is 1.25. The Kier molecular flexibility index (Phi) is 5.51. The second-order valence-electron chi connectivity index (χ2n) is 11.4. The van der Waals surface area contributed by atoms with E-state index in [4.69, 9.17) is 4.74 Å². The van der Waals surface area contributed by atoms with Crippen molar-refractivity contribution in [2.45, 2.75) is 70.2 Å². The third kappa shape index (κ3) is 4.24. The Bertz CT molecular complexity index is 1500. The molecule has 0 saturated carbocycles. The largest absolute Gasteiger partial charge is 0.444 e. The highest BCUT2D eigenvalue weighted by atomic mass is 16.6. The minimum absolute atomic E-state index is 0.0182. The zero-order chi connectivity index (χ0) is 25.9. The van der Waals surface area contributed by atoms with E-state index in [1.54, 1.807) is 0 Å². The third-order valence-electron chi connectivity index (χ3n) is 7.66. The second-order valence-corrected chi connectivity index (χ2v) is 11.4. The predicted octanol–water partition coefficient (Wildman–Crippen LogP) is 5.38. The number of rotatable bonds is 3. The van der Waals surface area contributed by atoms with E-state index in [2.05, 4.69) is 32.3 Å². The molecule has 192 valence electrons. The van der Waals surface area contributed by atoms with Gasteiger partial charge in [0.1, 0.15) is 11.2 Å². The highest BCUT2D eigenvalue weighted by Gasteiger charge is 2.44. The van der Waals surface area contributed by atoms with Crippen molar-refractivity contribution in [1.82, 2.24) is 24.8 Å². The molecule has 5 heterocycles. The van der Waals surface area contributed by atoms with Gasteiger partial charge in [-0.2, -0.15) is 0 Å². The summed E-state index contributed by atoms with van der Waals surface area (Å²) >= 11 is 0. The maximum absolute atomic E-state index is 13.9. The third-order valence-corrected chi connectivity index (χ3v) is 7.66. The molecule has 0 spiro atoms. The molecule has 4 aromatic rings. The fourth-order valence-corrected chi connectivity index (χ4v) is 6.13. The number of amides is 2. The van der Waals surface area contributed by atoms with Gasteiger partial charge >= 0.3 is 6.09 Å². The van der Waals surface area contributed by atoms with Gasteiger partial charge in [-0.05, 0) is 76.3 Å². The van der Waals surface area contributed by atoms with Crippen LogP contribution in [0.15, 0.2) is 48.9 Å². The maximum atomic E-state index is 13.9. The predicted molar refractivity (Wildman–Crippen MR) is 143 cm³/mol. The van der Waals surface area contributed by atoms with E-state index in [0.29, 0.717) is 5.56 Å². The lowest BCUT2D eigenvalue weighted by Gasteiger charge is -2.39. The van der Waals surface area contributed by atoms with Crippen molar-refractivity contribution in [2.24, 2.45) is 7.05 Å². The van der Waals surface area contributed by atoms with Crippen LogP contribution in [0, 0.1) is 0 Å². The number of aromatic nitrogens is 3. The summed E-state index contributed by atoms with van der Waals surface area (Å²) in [5.41, 5.74) is 4.03. The van der Waals surface area contributed by atoms with Gasteiger partial charge in [0.05, 0.1) is 11.1 Å². The lowest BCUT2D eigenvalue weighted by Crippen LogP contribution is -2.53. The number of carbonyl (C=O) groups excluding carboxylic acids is 2. The van der Waals surface area contributed by atoms with E-state index in [1.165, 1.54) is 0 Å². The number of nitrogens with one attached hydrogen (secondary N) is 2. The summed E-state index contributed by atoms with van der Waals surface area (Å²) in [5.74, 6) is 0.0545. The summed E-state index contributed by atoms with van der Waals surface area (Å²) < 4.78 is 7.45. The molecule has 2 fully saturated rings. The molecule has 2 amide bonds. The molecule has 2 aliphatic heterocycles. The molecule has 2 atom stereocenters. The van der Waals surface area contributed by atoms with Crippen LogP contribution in [0.5, 0.6) is 0 Å². The van der Waals surface area contributed by atoms with Gasteiger partial charge in [0.2, 0.25) is 0 Å². The van der Waals surface area contributed by atoms with Crippen LogP contribution in [0.3, 0.4) is 0 Å². The first-order chi connectivity index (χ1) is 17.7. The number of pyridine rings is 1. The van der Waals surface area contributed by atoms with Crippen molar-refractivity contribution in [3.8, 4) is 11.1 Å². The van der Waals surface area contributed by atoms with Gasteiger partial charge in [-0.15, -0.1) is 0 Å². The molecule has 37 heavy (non-hydrogen) atoms. The van der Waals surface area contributed by atoms with E-state index in [-0.39, 0.29) is 30.1 Å². The van der Waals surface area contributed by atoms with Gasteiger partial charge in [0.25, 0.3) is 5.91 Å². The number of fused-ring (bicyclic) bond motifs is 4. The smallest absolute Gasteiger partial charge is 0.407 e. The van der Waals surface area contributed by atoms with E-state index >= 15 is 0 Å². The minimum atomic E-state index is -0.532. The number of aromatic amines is 1. The SMILES string of the molecule is Cn1ccc2cc(-c3ccc(C(=O)N4[C@H]5CC[C@H]4CC(NC(=O)OC(C)(C)C)C5)c4[nH]ccc34)cnc21. The fraction of sp³-hybridized carbons (Fsp3) is 0.414. The highest BCUT2D eigenvalue weighted by Crippen LogP contribution is 2.39. The van der Waals surface area contributed by atoms with Gasteiger partial charge in [0, 0.05) is 60.1 Å². The molecule has 8 heteroatoms. The molecule has 2 bridgehead atoms. The van der Waals surface area contributed by atoms with Gasteiger partial charge in [-0.25, -0.2) is 9.78 Å². The van der Waals surface area contributed by atoms with Crippen LogP contribution in [-0.4, -0.2) is 55.2 Å². The molecule has 6 rings (SSSR count). The first kappa shape index (κ1) is 23.6. The zero-order valence-electron chi connectivity index (χ0n) is 21.7. The Morgan fingerprint density at radius 3 is 2.59 bits per heavy atom. The zero-order valence-corrected chi connectivity index (χ0v) is 21.7. The Morgan fingerprint density at radius 1 is 1.11 bits per heavy atom. The van der Waals surface area contributed by atoms with Crippen LogP contribution >= 0.6 is 0 Å². The number of piperidine rings is 1. The minimum Gasteiger partial charge on any atom is -0.444 e. The summed E-state index contributed by atoms with van der Waals surface area (Å²) in [6, 6.07) is 10.5. The summed E-state index contributed by atoms with van der Waals surface area (Å²) in [6.07, 6.45) is 8.82. The van der Waals surface area contributed by atoms with E-state index in [1.807, 2.05) is 69.2 Å². The van der Waals surface area contributed by atoms with Crippen molar-refractivity contribution < 1.29 is 14.3 Å².